The minimum absolute atomic E-state index is 0. The van der Waals surface area contributed by atoms with Crippen LogP contribution in [0.3, 0.4) is 0 Å². The van der Waals surface area contributed by atoms with Crippen molar-refractivity contribution in [3.8, 4) is 0 Å². The van der Waals surface area contributed by atoms with Crippen LogP contribution in [0, 0.1) is 0 Å². The van der Waals surface area contributed by atoms with Crippen molar-refractivity contribution in [2.75, 3.05) is 19.6 Å². The van der Waals surface area contributed by atoms with Crippen LogP contribution in [0.25, 0.3) is 0 Å². The van der Waals surface area contributed by atoms with E-state index >= 15 is 0 Å². The van der Waals surface area contributed by atoms with Gasteiger partial charge in [0, 0.05) is 44.5 Å². The molecular formula is C18H30IN5O3. The second kappa shape index (κ2) is 11.9. The minimum atomic E-state index is -0.0883. The van der Waals surface area contributed by atoms with Crippen LogP contribution < -0.4 is 10.6 Å². The van der Waals surface area contributed by atoms with Crippen LogP contribution in [-0.2, 0) is 29.0 Å². The number of carbonyl (C=O) groups is 2. The van der Waals surface area contributed by atoms with Gasteiger partial charge in [0.05, 0.1) is 12.2 Å². The smallest absolute Gasteiger partial charge is 0.229 e. The van der Waals surface area contributed by atoms with Crippen LogP contribution in [0.5, 0.6) is 0 Å². The van der Waals surface area contributed by atoms with Gasteiger partial charge in [0.15, 0.2) is 5.96 Å². The van der Waals surface area contributed by atoms with E-state index in [0.29, 0.717) is 44.9 Å². The van der Waals surface area contributed by atoms with E-state index in [2.05, 4.69) is 20.8 Å². The Morgan fingerprint density at radius 2 is 1.85 bits per heavy atom. The minimum Gasteiger partial charge on any atom is -0.361 e. The molecule has 0 atom stereocenters. The van der Waals surface area contributed by atoms with Gasteiger partial charge in [-0.3, -0.25) is 14.5 Å². The summed E-state index contributed by atoms with van der Waals surface area (Å²) in [6.45, 7) is 8.09. The number of carbonyl (C=O) groups excluding carboxylic acids is 2. The summed E-state index contributed by atoms with van der Waals surface area (Å²) in [4.78, 5) is 29.6. The van der Waals surface area contributed by atoms with Gasteiger partial charge in [0.2, 0.25) is 11.8 Å². The Hall–Kier alpha value is -1.65. The Kier molecular flexibility index (Phi) is 10.3. The molecule has 2 heterocycles. The number of imide groups is 1. The number of aliphatic imine (C=N–C) groups is 1. The zero-order valence-electron chi connectivity index (χ0n) is 16.3. The van der Waals surface area contributed by atoms with Gasteiger partial charge in [-0.05, 0) is 19.8 Å². The molecule has 8 nitrogen and oxygen atoms in total. The summed E-state index contributed by atoms with van der Waals surface area (Å²) >= 11 is 0. The summed E-state index contributed by atoms with van der Waals surface area (Å²) in [6, 6.07) is 0. The van der Waals surface area contributed by atoms with Crippen LogP contribution in [0.2, 0.25) is 0 Å². The number of aryl methyl sites for hydroxylation is 2. The highest BCUT2D eigenvalue weighted by Gasteiger charge is 2.25. The van der Waals surface area contributed by atoms with Gasteiger partial charge in [-0.1, -0.05) is 19.0 Å². The maximum Gasteiger partial charge on any atom is 0.229 e. The maximum atomic E-state index is 11.8. The summed E-state index contributed by atoms with van der Waals surface area (Å²) in [7, 11) is 0. The second-order valence-electron chi connectivity index (χ2n) is 6.15. The van der Waals surface area contributed by atoms with Crippen molar-refractivity contribution >= 4 is 41.8 Å². The summed E-state index contributed by atoms with van der Waals surface area (Å²) in [5, 5.41) is 10.5. The molecule has 27 heavy (non-hydrogen) atoms. The number of nitrogens with zero attached hydrogens (tertiary/aromatic N) is 3. The highest BCUT2D eigenvalue weighted by atomic mass is 127. The lowest BCUT2D eigenvalue weighted by atomic mass is 10.1. The van der Waals surface area contributed by atoms with Crippen LogP contribution >= 0.6 is 24.0 Å². The summed E-state index contributed by atoms with van der Waals surface area (Å²) < 4.78 is 5.37. The molecule has 0 unspecified atom stereocenters. The summed E-state index contributed by atoms with van der Waals surface area (Å²) in [5.74, 6) is 1.34. The molecule has 0 spiro atoms. The van der Waals surface area contributed by atoms with E-state index in [9.17, 15) is 9.59 Å². The highest BCUT2D eigenvalue weighted by Crippen LogP contribution is 2.16. The predicted molar refractivity (Wildman–Crippen MR) is 114 cm³/mol. The first-order chi connectivity index (χ1) is 12.6. The van der Waals surface area contributed by atoms with E-state index in [0.717, 1.165) is 36.4 Å². The number of rotatable bonds is 8. The van der Waals surface area contributed by atoms with Crippen molar-refractivity contribution in [3.63, 3.8) is 0 Å². The Balaban J connectivity index is 0.00000364. The van der Waals surface area contributed by atoms with E-state index in [-0.39, 0.29) is 35.8 Å². The highest BCUT2D eigenvalue weighted by molar-refractivity contribution is 14.0. The topological polar surface area (TPSA) is 99.8 Å². The first-order valence-corrected chi connectivity index (χ1v) is 9.42. The molecule has 0 bridgehead atoms. The molecule has 152 valence electrons. The van der Waals surface area contributed by atoms with E-state index in [1.54, 1.807) is 0 Å². The Morgan fingerprint density at radius 1 is 1.15 bits per heavy atom. The zero-order chi connectivity index (χ0) is 18.9. The molecule has 2 amide bonds. The molecule has 1 saturated heterocycles. The standard InChI is InChI=1S/C18H29N5O3.HI/c1-4-14-13(15(5-2)26-22-14)12-21-18(19-6-3)20-10-11-23-16(24)8-7-9-17(23)25;/h4-12H2,1-3H3,(H2,19,20,21);1H. The number of amides is 2. The molecule has 0 aromatic carbocycles. The number of halogens is 1. The third kappa shape index (κ3) is 6.47. The molecule has 0 radical (unpaired) electrons. The monoisotopic (exact) mass is 491 g/mol. The van der Waals surface area contributed by atoms with Gasteiger partial charge in [0.1, 0.15) is 5.76 Å². The van der Waals surface area contributed by atoms with Gasteiger partial charge < -0.3 is 15.2 Å². The SMILES string of the molecule is CCNC(=NCc1c(CC)noc1CC)NCCN1C(=O)CCCC1=O.I. The molecule has 2 rings (SSSR count). The number of likely N-dealkylation sites (tertiary alicyclic amines) is 1. The van der Waals surface area contributed by atoms with E-state index in [1.807, 2.05) is 20.8 Å². The average Bonchev–Trinajstić information content (AvgIpc) is 3.04. The Morgan fingerprint density at radius 3 is 2.44 bits per heavy atom. The Bertz CT molecular complexity index is 622. The maximum absolute atomic E-state index is 11.8. The summed E-state index contributed by atoms with van der Waals surface area (Å²) in [5.41, 5.74) is 1.97. The van der Waals surface area contributed by atoms with Gasteiger partial charge >= 0.3 is 0 Å². The van der Waals surface area contributed by atoms with E-state index in [1.165, 1.54) is 4.90 Å². The van der Waals surface area contributed by atoms with E-state index in [4.69, 9.17) is 4.52 Å². The van der Waals surface area contributed by atoms with E-state index < -0.39 is 0 Å². The lowest BCUT2D eigenvalue weighted by molar-refractivity contribution is -0.147. The number of piperidine rings is 1. The second-order valence-corrected chi connectivity index (χ2v) is 6.15. The zero-order valence-corrected chi connectivity index (χ0v) is 18.7. The first kappa shape index (κ1) is 23.4. The fourth-order valence-corrected chi connectivity index (χ4v) is 2.95. The third-order valence-corrected chi connectivity index (χ3v) is 4.36. The fourth-order valence-electron chi connectivity index (χ4n) is 2.95. The lowest BCUT2D eigenvalue weighted by Gasteiger charge is -2.25. The number of guanidine groups is 1. The number of hydrogen-bond acceptors (Lipinski definition) is 5. The van der Waals surface area contributed by atoms with Crippen molar-refractivity contribution in [3.05, 3.63) is 17.0 Å². The number of hydrogen-bond donors (Lipinski definition) is 2. The molecule has 1 aliphatic rings. The molecule has 0 aliphatic carbocycles. The quantitative estimate of drug-likeness (QED) is 0.250. The Labute approximate surface area is 177 Å². The molecule has 1 aromatic heterocycles. The third-order valence-electron chi connectivity index (χ3n) is 4.36. The molecule has 2 N–H and O–H groups in total. The van der Waals surface area contributed by atoms with Crippen LogP contribution in [0.15, 0.2) is 9.52 Å². The summed E-state index contributed by atoms with van der Waals surface area (Å²) in [6.07, 6.45) is 3.14. The van der Waals surface area contributed by atoms with Crippen LogP contribution in [0.4, 0.5) is 0 Å². The van der Waals surface area contributed by atoms with Gasteiger partial charge in [-0.25, -0.2) is 4.99 Å². The van der Waals surface area contributed by atoms with Gasteiger partial charge in [0.25, 0.3) is 0 Å². The molecule has 1 fully saturated rings. The van der Waals surface area contributed by atoms with Crippen molar-refractivity contribution < 1.29 is 14.1 Å². The average molecular weight is 491 g/mol. The molecule has 9 heteroatoms. The fraction of sp³-hybridized carbons (Fsp3) is 0.667. The lowest BCUT2D eigenvalue weighted by Crippen LogP contribution is -2.46. The normalized spacial score (nSPS) is 14.9. The van der Waals surface area contributed by atoms with Crippen molar-refractivity contribution in [1.29, 1.82) is 0 Å². The van der Waals surface area contributed by atoms with Crippen LogP contribution in [0.1, 0.15) is 57.1 Å². The molecule has 0 saturated carbocycles. The predicted octanol–water partition coefficient (Wildman–Crippen LogP) is 2.01. The first-order valence-electron chi connectivity index (χ1n) is 9.42. The van der Waals surface area contributed by atoms with Gasteiger partial charge in [-0.15, -0.1) is 24.0 Å². The van der Waals surface area contributed by atoms with Crippen molar-refractivity contribution in [1.82, 2.24) is 20.7 Å². The van der Waals surface area contributed by atoms with Crippen molar-refractivity contribution in [2.24, 2.45) is 4.99 Å². The largest absolute Gasteiger partial charge is 0.361 e. The molecule has 1 aliphatic heterocycles. The number of nitrogens with one attached hydrogen (secondary N) is 2. The number of aromatic nitrogens is 1. The van der Waals surface area contributed by atoms with Crippen LogP contribution in [-0.4, -0.2) is 47.5 Å². The molecular weight excluding hydrogens is 461 g/mol. The molecule has 1 aromatic rings. The van der Waals surface area contributed by atoms with Crippen molar-refractivity contribution in [2.45, 2.75) is 59.4 Å². The van der Waals surface area contributed by atoms with Gasteiger partial charge in [-0.2, -0.15) is 0 Å².